The number of fused-ring (bicyclic) bond motifs is 8. The molecule has 4 nitrogen and oxygen atoms in total. The first-order chi connectivity index (χ1) is 30.7. The standard InChI is InChI=1S/C59H46N4/c1-58(2)33-34-59(3,4)52-36-53-50(35-51(52)58)47-30-27-39-18-9-11-21-44(39)54(47)63(53)41-28-25-40(26-29-41)55-60-56(48-24-14-19-38-17-8-10-20-42(38)48)62-57(61-55)49-32-31-43(37-15-6-5-7-16-37)45-22-12-13-23-46(45)49/h5-32,35-36H,33-34H2,1-4H3. The second kappa shape index (κ2) is 14.1. The second-order valence-electron chi connectivity index (χ2n) is 18.7. The minimum Gasteiger partial charge on any atom is -0.309 e. The fourth-order valence-electron chi connectivity index (χ4n) is 10.4. The summed E-state index contributed by atoms with van der Waals surface area (Å²) >= 11 is 0. The Morgan fingerprint density at radius 3 is 1.63 bits per heavy atom. The molecule has 0 bridgehead atoms. The summed E-state index contributed by atoms with van der Waals surface area (Å²) in [7, 11) is 0. The van der Waals surface area contributed by atoms with Crippen LogP contribution in [0.2, 0.25) is 0 Å². The minimum absolute atomic E-state index is 0.0810. The van der Waals surface area contributed by atoms with Gasteiger partial charge in [0.05, 0.1) is 11.0 Å². The van der Waals surface area contributed by atoms with Crippen molar-refractivity contribution in [2.75, 3.05) is 0 Å². The van der Waals surface area contributed by atoms with Crippen LogP contribution in [0.5, 0.6) is 0 Å². The zero-order chi connectivity index (χ0) is 42.5. The van der Waals surface area contributed by atoms with Gasteiger partial charge in [-0.2, -0.15) is 0 Å². The summed E-state index contributed by atoms with van der Waals surface area (Å²) in [6.07, 6.45) is 2.34. The van der Waals surface area contributed by atoms with Crippen molar-refractivity contribution in [2.45, 2.75) is 51.4 Å². The van der Waals surface area contributed by atoms with Crippen LogP contribution >= 0.6 is 0 Å². The van der Waals surface area contributed by atoms with E-state index in [1.54, 1.807) is 0 Å². The summed E-state index contributed by atoms with van der Waals surface area (Å²) in [6.45, 7) is 9.67. The molecule has 1 aliphatic rings. The molecular weight excluding hydrogens is 765 g/mol. The van der Waals surface area contributed by atoms with Gasteiger partial charge in [0.1, 0.15) is 0 Å². The van der Waals surface area contributed by atoms with Gasteiger partial charge in [-0.3, -0.25) is 0 Å². The van der Waals surface area contributed by atoms with Gasteiger partial charge in [0.15, 0.2) is 17.5 Å². The minimum atomic E-state index is 0.0810. The summed E-state index contributed by atoms with van der Waals surface area (Å²) < 4.78 is 2.50. The van der Waals surface area contributed by atoms with Crippen LogP contribution in [0.25, 0.3) is 105 Å². The molecule has 0 amide bonds. The van der Waals surface area contributed by atoms with Crippen molar-refractivity contribution in [2.24, 2.45) is 0 Å². The van der Waals surface area contributed by atoms with Crippen molar-refractivity contribution in [3.8, 4) is 51.0 Å². The molecule has 63 heavy (non-hydrogen) atoms. The van der Waals surface area contributed by atoms with Crippen LogP contribution in [0.4, 0.5) is 0 Å². The Morgan fingerprint density at radius 2 is 0.921 bits per heavy atom. The number of hydrogen-bond donors (Lipinski definition) is 0. The monoisotopic (exact) mass is 810 g/mol. The Hall–Kier alpha value is -7.43. The quantitative estimate of drug-likeness (QED) is 0.174. The number of nitrogens with zero attached hydrogens (tertiary/aromatic N) is 4. The van der Waals surface area contributed by atoms with Crippen LogP contribution in [0.15, 0.2) is 182 Å². The topological polar surface area (TPSA) is 43.6 Å². The van der Waals surface area contributed by atoms with Gasteiger partial charge in [0.2, 0.25) is 0 Å². The first-order valence-electron chi connectivity index (χ1n) is 22.2. The van der Waals surface area contributed by atoms with Crippen LogP contribution in [0, 0.1) is 0 Å². The van der Waals surface area contributed by atoms with Gasteiger partial charge >= 0.3 is 0 Å². The molecule has 0 spiro atoms. The van der Waals surface area contributed by atoms with E-state index in [1.165, 1.54) is 61.3 Å². The third-order valence-corrected chi connectivity index (χ3v) is 13.9. The van der Waals surface area contributed by atoms with E-state index in [9.17, 15) is 0 Å². The molecular formula is C59H46N4. The molecule has 0 aliphatic heterocycles. The molecule has 11 aromatic rings. The highest BCUT2D eigenvalue weighted by atomic mass is 15.0. The van der Waals surface area contributed by atoms with Gasteiger partial charge in [0.25, 0.3) is 0 Å². The largest absolute Gasteiger partial charge is 0.309 e. The van der Waals surface area contributed by atoms with Crippen LogP contribution in [-0.4, -0.2) is 19.5 Å². The molecule has 302 valence electrons. The van der Waals surface area contributed by atoms with Crippen molar-refractivity contribution in [1.82, 2.24) is 19.5 Å². The van der Waals surface area contributed by atoms with E-state index in [0.717, 1.165) is 50.3 Å². The predicted octanol–water partition coefficient (Wildman–Crippen LogP) is 15.4. The van der Waals surface area contributed by atoms with Crippen LogP contribution < -0.4 is 0 Å². The van der Waals surface area contributed by atoms with Crippen LogP contribution in [-0.2, 0) is 10.8 Å². The van der Waals surface area contributed by atoms with E-state index in [2.05, 4.69) is 214 Å². The zero-order valence-corrected chi connectivity index (χ0v) is 36.0. The normalized spacial score (nSPS) is 14.5. The average Bonchev–Trinajstić information content (AvgIpc) is 3.66. The molecule has 0 atom stereocenters. The first kappa shape index (κ1) is 37.3. The molecule has 0 fully saturated rings. The zero-order valence-electron chi connectivity index (χ0n) is 36.0. The van der Waals surface area contributed by atoms with Crippen molar-refractivity contribution in [1.29, 1.82) is 0 Å². The summed E-state index contributed by atoms with van der Waals surface area (Å²) in [5.74, 6) is 1.93. The summed E-state index contributed by atoms with van der Waals surface area (Å²) in [5.41, 5.74) is 11.9. The van der Waals surface area contributed by atoms with Gasteiger partial charge in [-0.25, -0.2) is 15.0 Å². The molecule has 0 saturated carbocycles. The lowest BCUT2D eigenvalue weighted by Crippen LogP contribution is -2.33. The fourth-order valence-corrected chi connectivity index (χ4v) is 10.4. The van der Waals surface area contributed by atoms with Crippen molar-refractivity contribution >= 4 is 54.1 Å². The second-order valence-corrected chi connectivity index (χ2v) is 18.7. The first-order valence-corrected chi connectivity index (χ1v) is 22.2. The van der Waals surface area contributed by atoms with Crippen LogP contribution in [0.1, 0.15) is 51.7 Å². The highest BCUT2D eigenvalue weighted by Gasteiger charge is 2.38. The van der Waals surface area contributed by atoms with Crippen molar-refractivity contribution < 1.29 is 0 Å². The Labute approximate surface area is 367 Å². The van der Waals surface area contributed by atoms with Gasteiger partial charge in [-0.15, -0.1) is 0 Å². The van der Waals surface area contributed by atoms with Gasteiger partial charge in [-0.05, 0) is 115 Å². The SMILES string of the molecule is CC1(C)CCC(C)(C)c2cc3c(cc21)c1ccc2ccccc2c1n3-c1ccc(-c2nc(-c3cccc4ccccc34)nc(-c3ccc(-c4ccccc4)c4ccccc34)n2)cc1. The lowest BCUT2D eigenvalue weighted by atomic mass is 9.63. The molecule has 12 rings (SSSR count). The van der Waals surface area contributed by atoms with E-state index >= 15 is 0 Å². The maximum atomic E-state index is 5.31. The summed E-state index contributed by atoms with van der Waals surface area (Å²) in [6, 6.07) is 65.7. The molecule has 2 aromatic heterocycles. The van der Waals surface area contributed by atoms with E-state index in [-0.39, 0.29) is 10.8 Å². The number of aromatic nitrogens is 4. The van der Waals surface area contributed by atoms with E-state index in [0.29, 0.717) is 17.5 Å². The molecule has 0 radical (unpaired) electrons. The highest BCUT2D eigenvalue weighted by molar-refractivity contribution is 6.19. The van der Waals surface area contributed by atoms with E-state index in [4.69, 9.17) is 15.0 Å². The molecule has 9 aromatic carbocycles. The lowest BCUT2D eigenvalue weighted by molar-refractivity contribution is 0.332. The average molecular weight is 811 g/mol. The van der Waals surface area contributed by atoms with Gasteiger partial charge in [0, 0.05) is 38.5 Å². The molecule has 1 aliphatic carbocycles. The molecule has 2 heterocycles. The number of hydrogen-bond acceptors (Lipinski definition) is 3. The van der Waals surface area contributed by atoms with Gasteiger partial charge < -0.3 is 4.57 Å². The lowest BCUT2D eigenvalue weighted by Gasteiger charge is -2.42. The highest BCUT2D eigenvalue weighted by Crippen LogP contribution is 2.49. The third kappa shape index (κ3) is 6.00. The number of benzene rings is 9. The summed E-state index contributed by atoms with van der Waals surface area (Å²) in [5, 5.41) is 9.58. The van der Waals surface area contributed by atoms with E-state index in [1.807, 2.05) is 0 Å². The third-order valence-electron chi connectivity index (χ3n) is 13.9. The molecule has 0 N–H and O–H groups in total. The fraction of sp³-hybridized carbons (Fsp3) is 0.136. The van der Waals surface area contributed by atoms with Crippen molar-refractivity contribution in [3.05, 3.63) is 193 Å². The Morgan fingerprint density at radius 1 is 0.381 bits per heavy atom. The molecule has 0 unspecified atom stereocenters. The van der Waals surface area contributed by atoms with Crippen molar-refractivity contribution in [3.63, 3.8) is 0 Å². The van der Waals surface area contributed by atoms with E-state index < -0.39 is 0 Å². The maximum absolute atomic E-state index is 5.31. The molecule has 0 saturated heterocycles. The van der Waals surface area contributed by atoms with Gasteiger partial charge in [-0.1, -0.05) is 167 Å². The Kier molecular flexibility index (Phi) is 8.33. The van der Waals surface area contributed by atoms with Crippen LogP contribution in [0.3, 0.4) is 0 Å². The number of rotatable bonds is 5. The predicted molar refractivity (Wildman–Crippen MR) is 264 cm³/mol. The smallest absolute Gasteiger partial charge is 0.164 e. The summed E-state index contributed by atoms with van der Waals surface area (Å²) in [4.78, 5) is 15.9. The molecule has 4 heteroatoms. The Balaban J connectivity index is 1.07. The Bertz CT molecular complexity index is 3610. The maximum Gasteiger partial charge on any atom is 0.164 e.